The van der Waals surface area contributed by atoms with Gasteiger partial charge in [0.15, 0.2) is 0 Å². The number of carbonyl (C=O) groups excluding carboxylic acids is 2. The molecule has 0 fully saturated rings. The van der Waals surface area contributed by atoms with Gasteiger partial charge in [-0.05, 0) is 59.5 Å². The first kappa shape index (κ1) is 26.1. The van der Waals surface area contributed by atoms with Gasteiger partial charge in [0, 0.05) is 19.7 Å². The molecule has 0 saturated heterocycles. The fourth-order valence-corrected chi connectivity index (χ4v) is 4.71. The molecule has 3 aromatic rings. The molecule has 0 unspecified atom stereocenters. The number of rotatable bonds is 9. The first-order chi connectivity index (χ1) is 16.6. The number of nitrogens with one attached hydrogen (secondary N) is 2. The minimum Gasteiger partial charge on any atom is -0.344 e. The van der Waals surface area contributed by atoms with E-state index in [9.17, 15) is 22.4 Å². The molecule has 0 aromatic heterocycles. The molecule has 184 valence electrons. The van der Waals surface area contributed by atoms with E-state index in [0.717, 1.165) is 21.9 Å². The van der Waals surface area contributed by atoms with Gasteiger partial charge in [-0.25, -0.2) is 12.8 Å². The second kappa shape index (κ2) is 11.2. The Labute approximate surface area is 205 Å². The lowest BCUT2D eigenvalue weighted by molar-refractivity contribution is -0.121. The van der Waals surface area contributed by atoms with Crippen LogP contribution in [0.4, 0.5) is 10.1 Å². The zero-order valence-corrected chi connectivity index (χ0v) is 20.6. The molecule has 7 nitrogen and oxygen atoms in total. The van der Waals surface area contributed by atoms with Crippen molar-refractivity contribution in [3.8, 4) is 0 Å². The van der Waals surface area contributed by atoms with Crippen LogP contribution in [0.25, 0.3) is 0 Å². The van der Waals surface area contributed by atoms with Crippen LogP contribution in [0.3, 0.4) is 0 Å². The first-order valence-electron chi connectivity index (χ1n) is 11.1. The summed E-state index contributed by atoms with van der Waals surface area (Å²) in [6.45, 7) is 2.95. The maximum atomic E-state index is 13.9. The Kier molecular flexibility index (Phi) is 8.37. The number of carbonyl (C=O) groups is 2. The molecule has 1 atom stereocenters. The third kappa shape index (κ3) is 6.74. The summed E-state index contributed by atoms with van der Waals surface area (Å²) in [6, 6.07) is 18.6. The topological polar surface area (TPSA) is 95.6 Å². The van der Waals surface area contributed by atoms with Gasteiger partial charge in [-0.15, -0.1) is 0 Å². The van der Waals surface area contributed by atoms with Crippen molar-refractivity contribution in [3.05, 3.63) is 95.3 Å². The smallest absolute Gasteiger partial charge is 0.243 e. The fraction of sp³-hybridized carbons (Fsp3) is 0.231. The quantitative estimate of drug-likeness (QED) is 0.469. The van der Waals surface area contributed by atoms with Crippen molar-refractivity contribution in [1.82, 2.24) is 9.62 Å². The van der Waals surface area contributed by atoms with Crippen molar-refractivity contribution in [2.75, 3.05) is 18.9 Å². The number of halogens is 1. The van der Waals surface area contributed by atoms with Gasteiger partial charge < -0.3 is 10.6 Å². The van der Waals surface area contributed by atoms with Crippen LogP contribution in [0, 0.1) is 5.82 Å². The molecule has 2 amide bonds. The van der Waals surface area contributed by atoms with Crippen molar-refractivity contribution in [1.29, 1.82) is 0 Å². The zero-order valence-electron chi connectivity index (χ0n) is 19.8. The molecule has 0 aliphatic carbocycles. The molecule has 35 heavy (non-hydrogen) atoms. The number of amides is 2. The number of sulfonamides is 1. The molecular weight excluding hydrogens is 469 g/mol. The summed E-state index contributed by atoms with van der Waals surface area (Å²) in [5.74, 6) is -1.25. The van der Waals surface area contributed by atoms with E-state index in [4.69, 9.17) is 0 Å². The van der Waals surface area contributed by atoms with E-state index in [-0.39, 0.29) is 10.8 Å². The number of aryl methyl sites for hydroxylation is 1. The van der Waals surface area contributed by atoms with E-state index in [1.165, 1.54) is 50.4 Å². The predicted molar refractivity (Wildman–Crippen MR) is 133 cm³/mol. The standard InChI is InChI=1S/C26H28FN3O4S/c1-4-19-8-10-20(11-9-19)26(21-6-5-7-22(27)16-21)29-25(32)17-30(3)35(33,34)24-14-12-23(13-15-24)28-18(2)31/h5-16,26H,4,17H2,1-3H3,(H,28,31)(H,29,32)/t26-/m1/s1. The average Bonchev–Trinajstić information content (AvgIpc) is 2.82. The Morgan fingerprint density at radius 1 is 0.971 bits per heavy atom. The number of anilines is 1. The highest BCUT2D eigenvalue weighted by Crippen LogP contribution is 2.24. The predicted octanol–water partition coefficient (Wildman–Crippen LogP) is 3.87. The Hall–Kier alpha value is -3.56. The summed E-state index contributed by atoms with van der Waals surface area (Å²) >= 11 is 0. The number of likely N-dealkylation sites (N-methyl/N-ethyl adjacent to an activating group) is 1. The fourth-order valence-electron chi connectivity index (χ4n) is 3.58. The highest BCUT2D eigenvalue weighted by molar-refractivity contribution is 7.89. The molecule has 2 N–H and O–H groups in total. The Morgan fingerprint density at radius 3 is 2.20 bits per heavy atom. The summed E-state index contributed by atoms with van der Waals surface area (Å²) in [7, 11) is -2.65. The Morgan fingerprint density at radius 2 is 1.63 bits per heavy atom. The Balaban J connectivity index is 1.78. The van der Waals surface area contributed by atoms with E-state index in [1.54, 1.807) is 12.1 Å². The van der Waals surface area contributed by atoms with Gasteiger partial charge in [0.25, 0.3) is 0 Å². The molecule has 0 radical (unpaired) electrons. The second-order valence-corrected chi connectivity index (χ2v) is 10.2. The third-order valence-electron chi connectivity index (χ3n) is 5.46. The van der Waals surface area contributed by atoms with Gasteiger partial charge >= 0.3 is 0 Å². The molecule has 0 saturated carbocycles. The van der Waals surface area contributed by atoms with Gasteiger partial charge in [0.2, 0.25) is 21.8 Å². The summed E-state index contributed by atoms with van der Waals surface area (Å²) in [5.41, 5.74) is 2.87. The van der Waals surface area contributed by atoms with Crippen LogP contribution in [-0.4, -0.2) is 38.1 Å². The van der Waals surface area contributed by atoms with Crippen molar-refractivity contribution in [2.24, 2.45) is 0 Å². The lowest BCUT2D eigenvalue weighted by atomic mass is 9.97. The van der Waals surface area contributed by atoms with Crippen LogP contribution < -0.4 is 10.6 Å². The number of nitrogens with zero attached hydrogens (tertiary/aromatic N) is 1. The van der Waals surface area contributed by atoms with Crippen LogP contribution in [0.1, 0.15) is 36.6 Å². The van der Waals surface area contributed by atoms with Gasteiger partial charge in [0.1, 0.15) is 5.82 Å². The van der Waals surface area contributed by atoms with Crippen LogP contribution >= 0.6 is 0 Å². The minimum atomic E-state index is -3.96. The number of hydrogen-bond donors (Lipinski definition) is 2. The Bertz CT molecular complexity index is 1290. The van der Waals surface area contributed by atoms with E-state index in [1.807, 2.05) is 31.2 Å². The van der Waals surface area contributed by atoms with Crippen LogP contribution in [-0.2, 0) is 26.0 Å². The molecule has 0 bridgehead atoms. The first-order valence-corrected chi connectivity index (χ1v) is 12.5. The number of benzene rings is 3. The zero-order chi connectivity index (χ0) is 25.6. The van der Waals surface area contributed by atoms with E-state index in [2.05, 4.69) is 10.6 Å². The van der Waals surface area contributed by atoms with E-state index >= 15 is 0 Å². The van der Waals surface area contributed by atoms with Crippen molar-refractivity contribution in [2.45, 2.75) is 31.2 Å². The molecule has 3 aromatic carbocycles. The normalized spacial score (nSPS) is 12.3. The molecule has 9 heteroatoms. The van der Waals surface area contributed by atoms with Gasteiger partial charge in [-0.3, -0.25) is 9.59 Å². The highest BCUT2D eigenvalue weighted by atomic mass is 32.2. The van der Waals surface area contributed by atoms with Gasteiger partial charge in [0.05, 0.1) is 17.5 Å². The summed E-state index contributed by atoms with van der Waals surface area (Å²) < 4.78 is 40.8. The lowest BCUT2D eigenvalue weighted by Gasteiger charge is -2.23. The van der Waals surface area contributed by atoms with Gasteiger partial charge in [-0.1, -0.05) is 43.3 Å². The maximum absolute atomic E-state index is 13.9. The summed E-state index contributed by atoms with van der Waals surface area (Å²) in [6.07, 6.45) is 0.853. The summed E-state index contributed by atoms with van der Waals surface area (Å²) in [5, 5.41) is 5.41. The van der Waals surface area contributed by atoms with Crippen molar-refractivity contribution < 1.29 is 22.4 Å². The molecule has 0 heterocycles. The molecule has 0 aliphatic heterocycles. The number of hydrogen-bond acceptors (Lipinski definition) is 4. The molecule has 0 aliphatic rings. The lowest BCUT2D eigenvalue weighted by Crippen LogP contribution is -2.40. The van der Waals surface area contributed by atoms with Crippen molar-refractivity contribution >= 4 is 27.5 Å². The van der Waals surface area contributed by atoms with Gasteiger partial charge in [-0.2, -0.15) is 4.31 Å². The maximum Gasteiger partial charge on any atom is 0.243 e. The monoisotopic (exact) mass is 497 g/mol. The average molecular weight is 498 g/mol. The molecule has 0 spiro atoms. The van der Waals surface area contributed by atoms with Crippen LogP contribution in [0.2, 0.25) is 0 Å². The van der Waals surface area contributed by atoms with E-state index < -0.39 is 34.3 Å². The van der Waals surface area contributed by atoms with Crippen LogP contribution in [0.15, 0.2) is 77.7 Å². The van der Waals surface area contributed by atoms with Crippen LogP contribution in [0.5, 0.6) is 0 Å². The molecular formula is C26H28FN3O4S. The van der Waals surface area contributed by atoms with E-state index in [0.29, 0.717) is 11.3 Å². The highest BCUT2D eigenvalue weighted by Gasteiger charge is 2.25. The summed E-state index contributed by atoms with van der Waals surface area (Å²) in [4.78, 5) is 24.1. The SMILES string of the molecule is CCc1ccc([C@@H](NC(=O)CN(C)S(=O)(=O)c2ccc(NC(C)=O)cc2)c2cccc(F)c2)cc1. The third-order valence-corrected chi connectivity index (χ3v) is 7.28. The minimum absolute atomic E-state index is 0.0151. The second-order valence-electron chi connectivity index (χ2n) is 8.12. The molecule has 3 rings (SSSR count). The largest absolute Gasteiger partial charge is 0.344 e. The van der Waals surface area contributed by atoms with Crippen molar-refractivity contribution in [3.63, 3.8) is 0 Å².